The maximum atomic E-state index is 12.4. The maximum absolute atomic E-state index is 12.4. The van der Waals surface area contributed by atoms with Crippen molar-refractivity contribution in [1.82, 2.24) is 10.2 Å². The van der Waals surface area contributed by atoms with Crippen LogP contribution in [0, 0.1) is 11.8 Å². The Hall–Kier alpha value is -1.30. The fourth-order valence-corrected chi connectivity index (χ4v) is 4.26. The van der Waals surface area contributed by atoms with E-state index in [9.17, 15) is 14.7 Å². The number of amides is 2. The molecular weight excluding hydrogens is 272 g/mol. The van der Waals surface area contributed by atoms with Gasteiger partial charge in [-0.05, 0) is 32.1 Å². The quantitative estimate of drug-likeness (QED) is 0.823. The van der Waals surface area contributed by atoms with E-state index in [4.69, 9.17) is 4.74 Å². The summed E-state index contributed by atoms with van der Waals surface area (Å²) in [5.74, 6) is -0.766. The van der Waals surface area contributed by atoms with Gasteiger partial charge in [-0.25, -0.2) is 4.79 Å². The zero-order valence-electron chi connectivity index (χ0n) is 12.5. The molecule has 6 heteroatoms. The van der Waals surface area contributed by atoms with Crippen molar-refractivity contribution in [2.45, 2.75) is 57.2 Å². The smallest absolute Gasteiger partial charge is 0.317 e. The molecule has 2 bridgehead atoms. The van der Waals surface area contributed by atoms with Gasteiger partial charge in [0.1, 0.15) is 0 Å². The molecule has 0 spiro atoms. The van der Waals surface area contributed by atoms with E-state index in [0.29, 0.717) is 18.9 Å². The lowest BCUT2D eigenvalue weighted by atomic mass is 9.89. The van der Waals surface area contributed by atoms with Gasteiger partial charge in [0.15, 0.2) is 0 Å². The molecule has 2 N–H and O–H groups in total. The molecular formula is C15H24N2O4. The molecule has 118 valence electrons. The van der Waals surface area contributed by atoms with Crippen LogP contribution < -0.4 is 5.32 Å². The SMILES string of the molecule is CCC1OCCC1CNC(=O)N1C2CCC1C(C(=O)O)C2. The van der Waals surface area contributed by atoms with E-state index < -0.39 is 5.97 Å². The van der Waals surface area contributed by atoms with Crippen molar-refractivity contribution in [3.8, 4) is 0 Å². The minimum absolute atomic E-state index is 0.0898. The number of aliphatic carboxylic acids is 1. The molecule has 2 amide bonds. The van der Waals surface area contributed by atoms with Gasteiger partial charge in [0.05, 0.1) is 12.0 Å². The van der Waals surface area contributed by atoms with Crippen LogP contribution in [-0.2, 0) is 9.53 Å². The third-order valence-electron chi connectivity index (χ3n) is 5.35. The van der Waals surface area contributed by atoms with Crippen LogP contribution in [-0.4, -0.2) is 53.3 Å². The predicted molar refractivity (Wildman–Crippen MR) is 75.9 cm³/mol. The van der Waals surface area contributed by atoms with Crippen molar-refractivity contribution in [1.29, 1.82) is 0 Å². The molecule has 3 aliphatic rings. The van der Waals surface area contributed by atoms with Gasteiger partial charge < -0.3 is 20.1 Å². The minimum atomic E-state index is -0.768. The number of fused-ring (bicyclic) bond motifs is 2. The molecule has 3 rings (SSSR count). The topological polar surface area (TPSA) is 78.9 Å². The highest BCUT2D eigenvalue weighted by Gasteiger charge is 2.51. The van der Waals surface area contributed by atoms with Crippen molar-refractivity contribution in [3.05, 3.63) is 0 Å². The Morgan fingerprint density at radius 2 is 2.14 bits per heavy atom. The molecule has 5 atom stereocenters. The lowest BCUT2D eigenvalue weighted by Gasteiger charge is -2.25. The number of ether oxygens (including phenoxy) is 1. The second kappa shape index (κ2) is 5.83. The van der Waals surface area contributed by atoms with Crippen LogP contribution in [0.5, 0.6) is 0 Å². The molecule has 0 radical (unpaired) electrons. The van der Waals surface area contributed by atoms with Crippen LogP contribution in [0.1, 0.15) is 39.0 Å². The van der Waals surface area contributed by atoms with E-state index in [2.05, 4.69) is 12.2 Å². The first-order valence-electron chi connectivity index (χ1n) is 8.02. The Balaban J connectivity index is 1.55. The van der Waals surface area contributed by atoms with Crippen molar-refractivity contribution < 1.29 is 19.4 Å². The molecule has 0 aromatic carbocycles. The molecule has 0 aromatic rings. The number of hydrogen-bond acceptors (Lipinski definition) is 3. The Labute approximate surface area is 124 Å². The van der Waals surface area contributed by atoms with E-state index in [1.807, 2.05) is 0 Å². The molecule has 3 saturated heterocycles. The Morgan fingerprint density at radius 3 is 2.81 bits per heavy atom. The summed E-state index contributed by atoms with van der Waals surface area (Å²) < 4.78 is 5.63. The number of carbonyl (C=O) groups is 2. The monoisotopic (exact) mass is 296 g/mol. The molecule has 21 heavy (non-hydrogen) atoms. The summed E-state index contributed by atoms with van der Waals surface area (Å²) in [5.41, 5.74) is 0. The summed E-state index contributed by atoms with van der Waals surface area (Å²) in [5, 5.41) is 12.2. The van der Waals surface area contributed by atoms with Gasteiger partial charge in [-0.3, -0.25) is 4.79 Å². The largest absolute Gasteiger partial charge is 0.481 e. The molecule has 3 heterocycles. The van der Waals surface area contributed by atoms with Gasteiger partial charge in [0, 0.05) is 31.2 Å². The second-order valence-corrected chi connectivity index (χ2v) is 6.44. The van der Waals surface area contributed by atoms with Gasteiger partial charge in [-0.15, -0.1) is 0 Å². The summed E-state index contributed by atoms with van der Waals surface area (Å²) in [6.07, 6.45) is 4.57. The third-order valence-corrected chi connectivity index (χ3v) is 5.35. The summed E-state index contributed by atoms with van der Waals surface area (Å²) in [7, 11) is 0. The van der Waals surface area contributed by atoms with Gasteiger partial charge in [0.25, 0.3) is 0 Å². The van der Waals surface area contributed by atoms with Crippen molar-refractivity contribution >= 4 is 12.0 Å². The first-order chi connectivity index (χ1) is 10.1. The van der Waals surface area contributed by atoms with Crippen molar-refractivity contribution in [2.75, 3.05) is 13.2 Å². The molecule has 5 unspecified atom stereocenters. The number of urea groups is 1. The molecule has 0 aromatic heterocycles. The van der Waals surface area contributed by atoms with Crippen molar-refractivity contribution in [2.24, 2.45) is 11.8 Å². The highest BCUT2D eigenvalue weighted by atomic mass is 16.5. The Morgan fingerprint density at radius 1 is 1.33 bits per heavy atom. The summed E-state index contributed by atoms with van der Waals surface area (Å²) in [6, 6.07) is -0.0970. The fourth-order valence-electron chi connectivity index (χ4n) is 4.26. The average molecular weight is 296 g/mol. The van der Waals surface area contributed by atoms with E-state index in [1.54, 1.807) is 4.90 Å². The van der Waals surface area contributed by atoms with E-state index >= 15 is 0 Å². The van der Waals surface area contributed by atoms with E-state index in [1.165, 1.54) is 0 Å². The number of nitrogens with zero attached hydrogens (tertiary/aromatic N) is 1. The van der Waals surface area contributed by atoms with Crippen molar-refractivity contribution in [3.63, 3.8) is 0 Å². The first-order valence-corrected chi connectivity index (χ1v) is 8.02. The molecule has 0 saturated carbocycles. The molecule has 3 aliphatic heterocycles. The van der Waals surface area contributed by atoms with Crippen LogP contribution in [0.15, 0.2) is 0 Å². The second-order valence-electron chi connectivity index (χ2n) is 6.44. The summed E-state index contributed by atoms with van der Waals surface area (Å²) >= 11 is 0. The lowest BCUT2D eigenvalue weighted by Crippen LogP contribution is -2.46. The van der Waals surface area contributed by atoms with Gasteiger partial charge in [-0.1, -0.05) is 6.92 Å². The first kappa shape index (κ1) is 14.6. The minimum Gasteiger partial charge on any atom is -0.481 e. The Kier molecular flexibility index (Phi) is 4.06. The third kappa shape index (κ3) is 2.61. The normalized spacial score (nSPS) is 38.0. The number of rotatable bonds is 4. The number of carboxylic acid groups (broad SMARTS) is 1. The predicted octanol–water partition coefficient (Wildman–Crippen LogP) is 1.45. The van der Waals surface area contributed by atoms with Crippen LogP contribution >= 0.6 is 0 Å². The molecule has 3 fully saturated rings. The van der Waals surface area contributed by atoms with E-state index in [-0.39, 0.29) is 30.1 Å². The molecule has 0 aliphatic carbocycles. The van der Waals surface area contributed by atoms with E-state index in [0.717, 1.165) is 32.3 Å². The van der Waals surface area contributed by atoms with Crippen LogP contribution in [0.2, 0.25) is 0 Å². The highest BCUT2D eigenvalue weighted by Crippen LogP contribution is 2.41. The Bertz CT molecular complexity index is 428. The number of carbonyl (C=O) groups excluding carboxylic acids is 1. The van der Waals surface area contributed by atoms with Gasteiger partial charge in [0.2, 0.25) is 0 Å². The van der Waals surface area contributed by atoms with Gasteiger partial charge in [-0.2, -0.15) is 0 Å². The number of carboxylic acids is 1. The van der Waals surface area contributed by atoms with Crippen LogP contribution in [0.4, 0.5) is 4.79 Å². The molecule has 6 nitrogen and oxygen atoms in total. The summed E-state index contributed by atoms with van der Waals surface area (Å²) in [4.78, 5) is 25.4. The standard InChI is InChI=1S/C15H24N2O4/c1-2-13-9(5-6-21-13)8-16-15(20)17-10-3-4-12(17)11(7-10)14(18)19/h9-13H,2-8H2,1H3,(H,16,20)(H,18,19). The number of hydrogen-bond donors (Lipinski definition) is 2. The van der Waals surface area contributed by atoms with Crippen LogP contribution in [0.3, 0.4) is 0 Å². The van der Waals surface area contributed by atoms with Crippen LogP contribution in [0.25, 0.3) is 0 Å². The lowest BCUT2D eigenvalue weighted by molar-refractivity contribution is -0.142. The maximum Gasteiger partial charge on any atom is 0.317 e. The highest BCUT2D eigenvalue weighted by molar-refractivity contribution is 5.79. The zero-order chi connectivity index (χ0) is 15.0. The zero-order valence-corrected chi connectivity index (χ0v) is 12.5. The fraction of sp³-hybridized carbons (Fsp3) is 0.867. The van der Waals surface area contributed by atoms with Gasteiger partial charge >= 0.3 is 12.0 Å². The summed E-state index contributed by atoms with van der Waals surface area (Å²) in [6.45, 7) is 3.50. The number of nitrogens with one attached hydrogen (secondary N) is 1. The average Bonchev–Trinajstić information content (AvgIpc) is 3.17.